The molecule has 0 spiro atoms. The van der Waals surface area contributed by atoms with E-state index in [1.54, 1.807) is 17.0 Å². The molecule has 1 saturated heterocycles. The van der Waals surface area contributed by atoms with E-state index in [0.29, 0.717) is 31.8 Å². The first-order valence-corrected chi connectivity index (χ1v) is 11.7. The Morgan fingerprint density at radius 1 is 1.09 bits per heavy atom. The van der Waals surface area contributed by atoms with Crippen molar-refractivity contribution in [3.63, 3.8) is 0 Å². The molecule has 1 amide bonds. The van der Waals surface area contributed by atoms with E-state index in [-0.39, 0.29) is 17.6 Å². The van der Waals surface area contributed by atoms with E-state index in [9.17, 15) is 9.18 Å². The van der Waals surface area contributed by atoms with Crippen molar-refractivity contribution in [3.8, 4) is 5.75 Å². The molecule has 0 radical (unpaired) electrons. The van der Waals surface area contributed by atoms with Crippen molar-refractivity contribution in [1.82, 2.24) is 9.55 Å². The van der Waals surface area contributed by atoms with Gasteiger partial charge in [0, 0.05) is 29.6 Å². The van der Waals surface area contributed by atoms with E-state index in [1.165, 1.54) is 12.1 Å². The number of ether oxygens (including phenoxy) is 1. The van der Waals surface area contributed by atoms with E-state index < -0.39 is 0 Å². The molecule has 1 fully saturated rings. The maximum Gasteiger partial charge on any atom is 0.227 e. The number of anilines is 1. The monoisotopic (exact) mass is 477 g/mol. The number of imidazole rings is 1. The second kappa shape index (κ2) is 9.11. The summed E-state index contributed by atoms with van der Waals surface area (Å²) in [5.74, 6) is 1.14. The highest BCUT2D eigenvalue weighted by Gasteiger charge is 2.35. The van der Waals surface area contributed by atoms with Gasteiger partial charge in [-0.05, 0) is 67.4 Å². The van der Waals surface area contributed by atoms with E-state index >= 15 is 0 Å². The van der Waals surface area contributed by atoms with Crippen LogP contribution in [0.5, 0.6) is 5.75 Å². The number of nitrogens with zero attached hydrogens (tertiary/aromatic N) is 3. The Morgan fingerprint density at radius 3 is 2.62 bits per heavy atom. The van der Waals surface area contributed by atoms with Crippen molar-refractivity contribution in [2.24, 2.45) is 0 Å². The molecule has 7 heteroatoms. The number of carbonyl (C=O) groups excluding carboxylic acids is 1. The second-order valence-corrected chi connectivity index (χ2v) is 9.09. The molecule has 1 aliphatic rings. The van der Waals surface area contributed by atoms with E-state index in [2.05, 4.69) is 4.57 Å². The van der Waals surface area contributed by atoms with Crippen LogP contribution in [0.25, 0.3) is 11.0 Å². The summed E-state index contributed by atoms with van der Waals surface area (Å²) in [4.78, 5) is 19.3. The number of para-hydroxylation sites is 2. The fraction of sp³-hybridized carbons (Fsp3) is 0.259. The first-order chi connectivity index (χ1) is 16.4. The highest BCUT2D eigenvalue weighted by atomic mass is 35.5. The van der Waals surface area contributed by atoms with Gasteiger partial charge in [-0.25, -0.2) is 9.37 Å². The third-order valence-corrected chi connectivity index (χ3v) is 6.88. The van der Waals surface area contributed by atoms with Gasteiger partial charge >= 0.3 is 0 Å². The van der Waals surface area contributed by atoms with Crippen molar-refractivity contribution in [2.75, 3.05) is 18.1 Å². The van der Waals surface area contributed by atoms with Gasteiger partial charge in [0.2, 0.25) is 5.91 Å². The zero-order valence-corrected chi connectivity index (χ0v) is 19.8. The molecule has 1 aromatic heterocycles. The average Bonchev–Trinajstić information content (AvgIpc) is 3.38. The van der Waals surface area contributed by atoms with Gasteiger partial charge in [-0.1, -0.05) is 29.8 Å². The Labute approximate surface area is 202 Å². The first kappa shape index (κ1) is 22.4. The highest BCUT2D eigenvalue weighted by molar-refractivity contribution is 6.32. The number of aromatic nitrogens is 2. The number of hydrogen-bond donors (Lipinski definition) is 0. The number of aryl methyl sites for hydroxylation is 2. The molecular weight excluding hydrogens is 453 g/mol. The summed E-state index contributed by atoms with van der Waals surface area (Å²) in [6.07, 6.45) is 0.330. The minimum Gasteiger partial charge on any atom is -0.492 e. The summed E-state index contributed by atoms with van der Waals surface area (Å²) in [6.45, 7) is 5.42. The summed E-state index contributed by atoms with van der Waals surface area (Å²) in [5.41, 5.74) is 4.42. The van der Waals surface area contributed by atoms with Crippen LogP contribution in [0, 0.1) is 19.7 Å². The molecule has 174 valence electrons. The fourth-order valence-electron chi connectivity index (χ4n) is 4.66. The molecule has 1 unspecified atom stereocenters. The van der Waals surface area contributed by atoms with Crippen LogP contribution in [0.3, 0.4) is 0 Å². The second-order valence-electron chi connectivity index (χ2n) is 8.72. The van der Waals surface area contributed by atoms with Gasteiger partial charge in [-0.3, -0.25) is 4.79 Å². The summed E-state index contributed by atoms with van der Waals surface area (Å²) in [7, 11) is 0. The summed E-state index contributed by atoms with van der Waals surface area (Å²) in [5, 5.41) is 0.754. The van der Waals surface area contributed by atoms with Crippen LogP contribution in [0.2, 0.25) is 5.02 Å². The molecule has 1 aliphatic heterocycles. The lowest BCUT2D eigenvalue weighted by Gasteiger charge is -2.18. The number of carbonyl (C=O) groups is 1. The Kier molecular flexibility index (Phi) is 6.00. The summed E-state index contributed by atoms with van der Waals surface area (Å²) < 4.78 is 21.9. The third-order valence-electron chi connectivity index (χ3n) is 6.29. The lowest BCUT2D eigenvalue weighted by Crippen LogP contribution is -2.24. The van der Waals surface area contributed by atoms with Gasteiger partial charge in [0.15, 0.2) is 0 Å². The minimum atomic E-state index is -0.356. The molecule has 5 rings (SSSR count). The van der Waals surface area contributed by atoms with Gasteiger partial charge in [0.05, 0.1) is 17.6 Å². The van der Waals surface area contributed by atoms with Crippen molar-refractivity contribution in [1.29, 1.82) is 0 Å². The standard InChI is InChI=1S/C27H25ClFN3O2/c1-17-12-22(13-18(2)26(17)28)34-11-10-31-24-9-4-3-8-23(24)30-27(31)19-14-25(33)32(16-19)21-7-5-6-20(29)15-21/h3-9,12-13,15,19H,10-11,14,16H2,1-2H3. The van der Waals surface area contributed by atoms with E-state index in [0.717, 1.165) is 38.8 Å². The molecule has 0 saturated carbocycles. The average molecular weight is 478 g/mol. The van der Waals surface area contributed by atoms with Gasteiger partial charge in [-0.2, -0.15) is 0 Å². The van der Waals surface area contributed by atoms with Crippen molar-refractivity contribution in [2.45, 2.75) is 32.7 Å². The predicted molar refractivity (Wildman–Crippen MR) is 132 cm³/mol. The van der Waals surface area contributed by atoms with Crippen molar-refractivity contribution < 1.29 is 13.9 Å². The third kappa shape index (κ3) is 4.26. The Morgan fingerprint density at radius 2 is 1.85 bits per heavy atom. The quantitative estimate of drug-likeness (QED) is 0.340. The van der Waals surface area contributed by atoms with Crippen LogP contribution in [0.4, 0.5) is 10.1 Å². The summed E-state index contributed by atoms with van der Waals surface area (Å²) in [6, 6.07) is 18.0. The molecule has 3 aromatic carbocycles. The molecule has 0 bridgehead atoms. The van der Waals surface area contributed by atoms with Crippen LogP contribution in [-0.4, -0.2) is 28.6 Å². The number of amides is 1. The molecule has 0 aliphatic carbocycles. The molecular formula is C27H25ClFN3O2. The maximum atomic E-state index is 13.7. The molecule has 5 nitrogen and oxygen atoms in total. The topological polar surface area (TPSA) is 47.4 Å². The fourth-order valence-corrected chi connectivity index (χ4v) is 4.77. The zero-order valence-electron chi connectivity index (χ0n) is 19.1. The predicted octanol–water partition coefficient (Wildman–Crippen LogP) is 6.05. The maximum absolute atomic E-state index is 13.7. The van der Waals surface area contributed by atoms with E-state index in [1.807, 2.05) is 50.2 Å². The smallest absolute Gasteiger partial charge is 0.227 e. The highest BCUT2D eigenvalue weighted by Crippen LogP contribution is 2.33. The Hall–Kier alpha value is -3.38. The lowest BCUT2D eigenvalue weighted by molar-refractivity contribution is -0.117. The van der Waals surface area contributed by atoms with Crippen molar-refractivity contribution in [3.05, 3.63) is 88.5 Å². The Balaban J connectivity index is 1.40. The number of rotatable bonds is 6. The van der Waals surface area contributed by atoms with Crippen LogP contribution in [-0.2, 0) is 11.3 Å². The number of fused-ring (bicyclic) bond motifs is 1. The Bertz CT molecular complexity index is 1360. The largest absolute Gasteiger partial charge is 0.492 e. The van der Waals surface area contributed by atoms with E-state index in [4.69, 9.17) is 21.3 Å². The molecule has 0 N–H and O–H groups in total. The summed E-state index contributed by atoms with van der Waals surface area (Å²) >= 11 is 6.28. The number of hydrogen-bond acceptors (Lipinski definition) is 3. The normalized spacial score (nSPS) is 15.9. The number of halogens is 2. The molecule has 4 aromatic rings. The van der Waals surface area contributed by atoms with Gasteiger partial charge in [-0.15, -0.1) is 0 Å². The van der Waals surface area contributed by atoms with Gasteiger partial charge in [0.1, 0.15) is 24.0 Å². The van der Waals surface area contributed by atoms with Crippen LogP contribution < -0.4 is 9.64 Å². The van der Waals surface area contributed by atoms with Crippen molar-refractivity contribution >= 4 is 34.2 Å². The first-order valence-electron chi connectivity index (χ1n) is 11.3. The SMILES string of the molecule is Cc1cc(OCCn2c(C3CC(=O)N(c4cccc(F)c4)C3)nc3ccccc32)cc(C)c1Cl. The molecule has 1 atom stereocenters. The minimum absolute atomic E-state index is 0.0300. The lowest BCUT2D eigenvalue weighted by atomic mass is 10.1. The van der Waals surface area contributed by atoms with Gasteiger partial charge in [0.25, 0.3) is 0 Å². The number of benzene rings is 3. The van der Waals surface area contributed by atoms with Crippen LogP contribution in [0.15, 0.2) is 60.7 Å². The van der Waals surface area contributed by atoms with Crippen LogP contribution >= 0.6 is 11.6 Å². The van der Waals surface area contributed by atoms with Crippen LogP contribution in [0.1, 0.15) is 29.3 Å². The van der Waals surface area contributed by atoms with Gasteiger partial charge < -0.3 is 14.2 Å². The molecule has 34 heavy (non-hydrogen) atoms. The molecule has 2 heterocycles. The zero-order chi connectivity index (χ0) is 23.8.